The number of carbonyl (C=O) groups excluding carboxylic acids is 2. The highest BCUT2D eigenvalue weighted by molar-refractivity contribution is 6.05. The van der Waals surface area contributed by atoms with Crippen LogP contribution in [0.5, 0.6) is 0 Å². The molecule has 0 radical (unpaired) electrons. The van der Waals surface area contributed by atoms with Crippen molar-refractivity contribution in [2.24, 2.45) is 0 Å². The van der Waals surface area contributed by atoms with Crippen LogP contribution in [0.2, 0.25) is 0 Å². The lowest BCUT2D eigenvalue weighted by Gasteiger charge is -2.12. The first-order valence-corrected chi connectivity index (χ1v) is 10.6. The van der Waals surface area contributed by atoms with Gasteiger partial charge in [-0.05, 0) is 30.2 Å². The number of benzene rings is 3. The van der Waals surface area contributed by atoms with E-state index in [1.807, 2.05) is 66.7 Å². The fraction of sp³-hybridized carbons (Fsp3) is 0.148. The van der Waals surface area contributed by atoms with Crippen molar-refractivity contribution >= 4 is 22.8 Å². The number of para-hydroxylation sites is 1. The standard InChI is InChI=1S/C27H21NO4/c1-17-15-25(27(30)31-17)32-26(29)22-16-24(28-23-10-6-5-9-21(22)23)20-13-11-19(12-14-20)18-7-3-2-4-8-18/h2-14,16-17,25H,15H2,1H3/t17-,25+/m1/s1. The van der Waals surface area contributed by atoms with E-state index in [4.69, 9.17) is 14.5 Å². The van der Waals surface area contributed by atoms with Crippen molar-refractivity contribution in [3.8, 4) is 22.4 Å². The number of fused-ring (bicyclic) bond motifs is 1. The number of cyclic esters (lactones) is 1. The largest absolute Gasteiger partial charge is 0.460 e. The molecule has 1 aliphatic heterocycles. The molecule has 5 nitrogen and oxygen atoms in total. The minimum atomic E-state index is -0.877. The number of rotatable bonds is 4. The third-order valence-electron chi connectivity index (χ3n) is 5.60. The summed E-state index contributed by atoms with van der Waals surface area (Å²) in [5, 5.41) is 0.682. The van der Waals surface area contributed by atoms with Gasteiger partial charge in [0.1, 0.15) is 6.10 Å². The second-order valence-corrected chi connectivity index (χ2v) is 7.89. The second-order valence-electron chi connectivity index (χ2n) is 7.89. The van der Waals surface area contributed by atoms with E-state index >= 15 is 0 Å². The van der Waals surface area contributed by atoms with Gasteiger partial charge in [0.05, 0.1) is 16.8 Å². The highest BCUT2D eigenvalue weighted by Gasteiger charge is 2.35. The Morgan fingerprint density at radius 1 is 0.906 bits per heavy atom. The predicted octanol–water partition coefficient (Wildman–Crippen LogP) is 5.43. The lowest BCUT2D eigenvalue weighted by molar-refractivity contribution is -0.147. The first-order valence-electron chi connectivity index (χ1n) is 10.6. The van der Waals surface area contributed by atoms with Crippen LogP contribution in [0.4, 0.5) is 0 Å². The third-order valence-corrected chi connectivity index (χ3v) is 5.60. The summed E-state index contributed by atoms with van der Waals surface area (Å²) in [6, 6.07) is 27.3. The van der Waals surface area contributed by atoms with E-state index < -0.39 is 18.0 Å². The molecule has 4 aromatic rings. The second kappa shape index (κ2) is 8.27. The topological polar surface area (TPSA) is 65.5 Å². The summed E-state index contributed by atoms with van der Waals surface area (Å²) in [4.78, 5) is 29.7. The normalized spacial score (nSPS) is 17.8. The molecule has 5 rings (SSSR count). The zero-order valence-electron chi connectivity index (χ0n) is 17.5. The molecule has 2 heterocycles. The predicted molar refractivity (Wildman–Crippen MR) is 122 cm³/mol. The van der Waals surface area contributed by atoms with Gasteiger partial charge in [0.15, 0.2) is 0 Å². The highest BCUT2D eigenvalue weighted by Crippen LogP contribution is 2.29. The van der Waals surface area contributed by atoms with E-state index in [1.165, 1.54) is 0 Å². The van der Waals surface area contributed by atoms with Gasteiger partial charge >= 0.3 is 11.9 Å². The number of ether oxygens (including phenoxy) is 2. The Hall–Kier alpha value is -3.99. The lowest BCUT2D eigenvalue weighted by Crippen LogP contribution is -2.23. The molecular weight excluding hydrogens is 402 g/mol. The molecule has 1 aromatic heterocycles. The summed E-state index contributed by atoms with van der Waals surface area (Å²) in [7, 11) is 0. The smallest absolute Gasteiger partial charge is 0.347 e. The molecule has 0 saturated carbocycles. The van der Waals surface area contributed by atoms with E-state index in [0.717, 1.165) is 16.7 Å². The molecule has 0 spiro atoms. The quantitative estimate of drug-likeness (QED) is 0.410. The summed E-state index contributed by atoms with van der Waals surface area (Å²) in [5.41, 5.74) is 4.85. The number of hydrogen-bond donors (Lipinski definition) is 0. The number of nitrogens with zero attached hydrogens (tertiary/aromatic N) is 1. The third kappa shape index (κ3) is 3.85. The van der Waals surface area contributed by atoms with E-state index in [1.54, 1.807) is 13.0 Å². The van der Waals surface area contributed by atoms with E-state index in [0.29, 0.717) is 28.6 Å². The molecule has 1 saturated heterocycles. The number of carbonyl (C=O) groups is 2. The summed E-state index contributed by atoms with van der Waals surface area (Å²) in [6.07, 6.45) is -0.771. The van der Waals surface area contributed by atoms with Crippen LogP contribution in [-0.2, 0) is 14.3 Å². The van der Waals surface area contributed by atoms with Crippen molar-refractivity contribution in [3.05, 3.63) is 90.5 Å². The van der Waals surface area contributed by atoms with Gasteiger partial charge in [-0.15, -0.1) is 0 Å². The molecule has 0 aliphatic carbocycles. The molecule has 3 aromatic carbocycles. The fourth-order valence-electron chi connectivity index (χ4n) is 3.97. The summed E-state index contributed by atoms with van der Waals surface area (Å²) < 4.78 is 10.6. The molecule has 1 fully saturated rings. The van der Waals surface area contributed by atoms with Crippen LogP contribution in [0.1, 0.15) is 23.7 Å². The molecule has 0 unspecified atom stereocenters. The Bertz CT molecular complexity index is 1300. The average molecular weight is 423 g/mol. The van der Waals surface area contributed by atoms with Crippen LogP contribution in [0.3, 0.4) is 0 Å². The Kier molecular flexibility index (Phi) is 5.15. The number of aromatic nitrogens is 1. The fourth-order valence-corrected chi connectivity index (χ4v) is 3.97. The SMILES string of the molecule is C[C@@H]1C[C@H](OC(=O)c2cc(-c3ccc(-c4ccccc4)cc3)nc3ccccc23)C(=O)O1. The van der Waals surface area contributed by atoms with E-state index in [2.05, 4.69) is 12.1 Å². The van der Waals surface area contributed by atoms with Crippen LogP contribution in [0.15, 0.2) is 84.9 Å². The first-order chi connectivity index (χ1) is 15.6. The molecule has 0 amide bonds. The molecule has 5 heteroatoms. The van der Waals surface area contributed by atoms with Gasteiger partial charge in [0.2, 0.25) is 6.10 Å². The maximum Gasteiger partial charge on any atom is 0.347 e. The van der Waals surface area contributed by atoms with Crippen LogP contribution in [-0.4, -0.2) is 29.1 Å². The van der Waals surface area contributed by atoms with Gasteiger partial charge < -0.3 is 9.47 Å². The average Bonchev–Trinajstić information content (AvgIpc) is 3.15. The lowest BCUT2D eigenvalue weighted by atomic mass is 10.0. The van der Waals surface area contributed by atoms with Gasteiger partial charge in [-0.3, -0.25) is 0 Å². The van der Waals surface area contributed by atoms with Crippen molar-refractivity contribution in [3.63, 3.8) is 0 Å². The van der Waals surface area contributed by atoms with E-state index in [9.17, 15) is 9.59 Å². The Morgan fingerprint density at radius 2 is 1.56 bits per heavy atom. The molecule has 0 N–H and O–H groups in total. The molecule has 2 atom stereocenters. The minimum Gasteiger partial charge on any atom is -0.460 e. The molecule has 1 aliphatic rings. The molecule has 158 valence electrons. The monoisotopic (exact) mass is 423 g/mol. The molecule has 32 heavy (non-hydrogen) atoms. The summed E-state index contributed by atoms with van der Waals surface area (Å²) in [6.45, 7) is 1.78. The maximum absolute atomic E-state index is 13.0. The van der Waals surface area contributed by atoms with Crippen molar-refractivity contribution in [2.45, 2.75) is 25.6 Å². The zero-order chi connectivity index (χ0) is 22.1. The number of hydrogen-bond acceptors (Lipinski definition) is 5. The first kappa shape index (κ1) is 19.9. The number of esters is 2. The zero-order valence-corrected chi connectivity index (χ0v) is 17.5. The van der Waals surface area contributed by atoms with Crippen LogP contribution in [0.25, 0.3) is 33.3 Å². The highest BCUT2D eigenvalue weighted by atomic mass is 16.6. The van der Waals surface area contributed by atoms with Gasteiger partial charge in [0, 0.05) is 17.4 Å². The minimum absolute atomic E-state index is 0.256. The van der Waals surface area contributed by atoms with Crippen LogP contribution < -0.4 is 0 Å². The summed E-state index contributed by atoms with van der Waals surface area (Å²) in [5.74, 6) is -1.05. The number of pyridine rings is 1. The van der Waals surface area contributed by atoms with Gasteiger partial charge in [-0.1, -0.05) is 72.8 Å². The van der Waals surface area contributed by atoms with Gasteiger partial charge in [-0.2, -0.15) is 0 Å². The van der Waals surface area contributed by atoms with Crippen molar-refractivity contribution in [1.82, 2.24) is 4.98 Å². The van der Waals surface area contributed by atoms with Crippen molar-refractivity contribution in [1.29, 1.82) is 0 Å². The summed E-state index contributed by atoms with van der Waals surface area (Å²) >= 11 is 0. The Labute approximate surface area is 185 Å². The molecule has 0 bridgehead atoms. The molecular formula is C27H21NO4. The maximum atomic E-state index is 13.0. The van der Waals surface area contributed by atoms with E-state index in [-0.39, 0.29) is 6.10 Å². The van der Waals surface area contributed by atoms with Gasteiger partial charge in [-0.25, -0.2) is 14.6 Å². The Balaban J connectivity index is 1.51. The Morgan fingerprint density at radius 3 is 2.28 bits per heavy atom. The van der Waals surface area contributed by atoms with Gasteiger partial charge in [0.25, 0.3) is 0 Å². The van der Waals surface area contributed by atoms with Crippen molar-refractivity contribution < 1.29 is 19.1 Å². The van der Waals surface area contributed by atoms with Crippen LogP contribution >= 0.6 is 0 Å². The van der Waals surface area contributed by atoms with Crippen molar-refractivity contribution in [2.75, 3.05) is 0 Å². The van der Waals surface area contributed by atoms with Crippen LogP contribution in [0, 0.1) is 0 Å².